The highest BCUT2D eigenvalue weighted by molar-refractivity contribution is 7.22. The van der Waals surface area contributed by atoms with Crippen LogP contribution in [0.4, 0.5) is 0 Å². The molecule has 9 aromatic carbocycles. The lowest BCUT2D eigenvalue weighted by Crippen LogP contribution is -2.00. The zero-order valence-corrected chi connectivity index (χ0v) is 35.1. The summed E-state index contributed by atoms with van der Waals surface area (Å²) >= 11 is 1.70. The number of benzene rings is 9. The summed E-state index contributed by atoms with van der Waals surface area (Å²) in [5.74, 6) is 1.92. The van der Waals surface area contributed by atoms with Gasteiger partial charge in [-0.05, 0) is 96.4 Å². The first-order valence-corrected chi connectivity index (χ1v) is 22.0. The van der Waals surface area contributed by atoms with Crippen molar-refractivity contribution in [3.63, 3.8) is 0 Å². The Hall–Kier alpha value is -8.05. The van der Waals surface area contributed by atoms with Gasteiger partial charge in [-0.3, -0.25) is 0 Å². The fourth-order valence-electron chi connectivity index (χ4n) is 8.56. The molecule has 0 radical (unpaired) electrons. The maximum absolute atomic E-state index is 5.19. The summed E-state index contributed by atoms with van der Waals surface area (Å²) < 4.78 is 1.20. The van der Waals surface area contributed by atoms with Gasteiger partial charge in [0.25, 0.3) is 0 Å². The molecule has 11 rings (SSSR count). The van der Waals surface area contributed by atoms with Crippen LogP contribution in [-0.4, -0.2) is 15.0 Å². The van der Waals surface area contributed by atoms with E-state index in [0.29, 0.717) is 17.5 Å². The van der Waals surface area contributed by atoms with Crippen molar-refractivity contribution in [1.82, 2.24) is 15.0 Å². The Balaban J connectivity index is 1.11. The van der Waals surface area contributed by atoms with Crippen LogP contribution in [0.25, 0.3) is 110 Å². The molecule has 2 aromatic heterocycles. The van der Waals surface area contributed by atoms with Crippen molar-refractivity contribution in [2.45, 2.75) is 0 Å². The van der Waals surface area contributed by atoms with Crippen molar-refractivity contribution >= 4 is 21.4 Å². The number of fused-ring (bicyclic) bond motifs is 1. The van der Waals surface area contributed by atoms with Gasteiger partial charge in [0.1, 0.15) is 0 Å². The van der Waals surface area contributed by atoms with Gasteiger partial charge >= 0.3 is 0 Å². The second kappa shape index (κ2) is 16.8. The zero-order valence-electron chi connectivity index (χ0n) is 34.3. The minimum Gasteiger partial charge on any atom is -0.208 e. The predicted octanol–water partition coefficient (Wildman–Crippen LogP) is 16.1. The van der Waals surface area contributed by atoms with Gasteiger partial charge in [0.05, 0.1) is 4.88 Å². The number of aromatic nitrogens is 3. The van der Waals surface area contributed by atoms with Gasteiger partial charge in [-0.15, -0.1) is 11.3 Å². The van der Waals surface area contributed by atoms with E-state index in [-0.39, 0.29) is 0 Å². The van der Waals surface area contributed by atoms with Gasteiger partial charge in [-0.2, -0.15) is 0 Å². The molecule has 11 aromatic rings. The molecule has 0 aliphatic heterocycles. The minimum absolute atomic E-state index is 0.627. The highest BCUT2D eigenvalue weighted by Crippen LogP contribution is 2.50. The van der Waals surface area contributed by atoms with Crippen molar-refractivity contribution in [3.8, 4) is 100 Å². The number of rotatable bonds is 9. The van der Waals surface area contributed by atoms with Crippen LogP contribution < -0.4 is 0 Å². The highest BCUT2D eigenvalue weighted by atomic mass is 32.1. The lowest BCUT2D eigenvalue weighted by atomic mass is 9.79. The van der Waals surface area contributed by atoms with Crippen LogP contribution in [0, 0.1) is 0 Å². The Morgan fingerprint density at radius 1 is 0.254 bits per heavy atom. The third-order valence-electron chi connectivity index (χ3n) is 11.6. The Bertz CT molecular complexity index is 3310. The summed E-state index contributed by atoms with van der Waals surface area (Å²) in [7, 11) is 0. The van der Waals surface area contributed by atoms with Gasteiger partial charge in [-0.1, -0.05) is 212 Å². The van der Waals surface area contributed by atoms with Gasteiger partial charge in [-0.25, -0.2) is 15.0 Å². The van der Waals surface area contributed by atoms with E-state index in [1.165, 1.54) is 37.9 Å². The average molecular weight is 822 g/mol. The second-order valence-corrected chi connectivity index (χ2v) is 16.6. The molecule has 63 heavy (non-hydrogen) atoms. The topological polar surface area (TPSA) is 38.7 Å². The molecule has 0 bridgehead atoms. The van der Waals surface area contributed by atoms with E-state index in [2.05, 4.69) is 231 Å². The quantitative estimate of drug-likeness (QED) is 0.146. The molecule has 0 N–H and O–H groups in total. The fraction of sp³-hybridized carbons (Fsp3) is 0. The smallest absolute Gasteiger partial charge is 0.174 e. The Morgan fingerprint density at radius 2 is 0.667 bits per heavy atom. The fourth-order valence-corrected chi connectivity index (χ4v) is 9.56. The van der Waals surface area contributed by atoms with Gasteiger partial charge < -0.3 is 0 Å². The molecule has 296 valence electrons. The van der Waals surface area contributed by atoms with Crippen LogP contribution in [0.2, 0.25) is 0 Å². The molecular formula is C59H39N3S. The van der Waals surface area contributed by atoms with E-state index in [1.54, 1.807) is 11.3 Å². The van der Waals surface area contributed by atoms with Crippen LogP contribution >= 0.6 is 11.3 Å². The molecule has 3 nitrogen and oxygen atoms in total. The van der Waals surface area contributed by atoms with Crippen molar-refractivity contribution in [2.24, 2.45) is 0 Å². The molecule has 0 saturated carbocycles. The first kappa shape index (κ1) is 37.9. The Kier molecular flexibility index (Phi) is 10.1. The lowest BCUT2D eigenvalue weighted by molar-refractivity contribution is 1.08. The molecule has 0 unspecified atom stereocenters. The molecule has 0 aliphatic carbocycles. The highest BCUT2D eigenvalue weighted by Gasteiger charge is 2.24. The summed E-state index contributed by atoms with van der Waals surface area (Å²) in [6.45, 7) is 0. The van der Waals surface area contributed by atoms with Gasteiger partial charge in [0, 0.05) is 15.8 Å². The largest absolute Gasteiger partial charge is 0.208 e. The molecular weight excluding hydrogens is 783 g/mol. The molecule has 0 saturated heterocycles. The predicted molar refractivity (Wildman–Crippen MR) is 264 cm³/mol. The summed E-state index contributed by atoms with van der Waals surface area (Å²) in [5, 5.41) is 1.17. The van der Waals surface area contributed by atoms with E-state index in [4.69, 9.17) is 15.0 Å². The first-order chi connectivity index (χ1) is 31.2. The van der Waals surface area contributed by atoms with Crippen LogP contribution in [0.3, 0.4) is 0 Å². The third kappa shape index (κ3) is 7.54. The van der Waals surface area contributed by atoms with Crippen molar-refractivity contribution in [1.29, 1.82) is 0 Å². The van der Waals surface area contributed by atoms with Crippen LogP contribution in [0.15, 0.2) is 237 Å². The normalized spacial score (nSPS) is 11.2. The monoisotopic (exact) mass is 821 g/mol. The molecule has 0 fully saturated rings. The molecule has 4 heteroatoms. The summed E-state index contributed by atoms with van der Waals surface area (Å²) in [6.07, 6.45) is 0. The average Bonchev–Trinajstić information content (AvgIpc) is 3.82. The first-order valence-electron chi connectivity index (χ1n) is 21.2. The minimum atomic E-state index is 0.627. The van der Waals surface area contributed by atoms with Crippen molar-refractivity contribution in [2.75, 3.05) is 0 Å². The van der Waals surface area contributed by atoms with Gasteiger partial charge in [0.2, 0.25) is 0 Å². The Morgan fingerprint density at radius 3 is 1.24 bits per heavy atom. The number of hydrogen-bond acceptors (Lipinski definition) is 4. The zero-order chi connectivity index (χ0) is 42.0. The van der Waals surface area contributed by atoms with Crippen molar-refractivity contribution in [3.05, 3.63) is 237 Å². The number of hydrogen-bond donors (Lipinski definition) is 0. The lowest BCUT2D eigenvalue weighted by Gasteiger charge is -2.24. The van der Waals surface area contributed by atoms with Crippen LogP contribution in [-0.2, 0) is 0 Å². The van der Waals surface area contributed by atoms with Crippen LogP contribution in [0.5, 0.6) is 0 Å². The second-order valence-electron chi connectivity index (χ2n) is 15.5. The maximum atomic E-state index is 5.19. The maximum Gasteiger partial charge on any atom is 0.174 e. The van der Waals surface area contributed by atoms with E-state index in [0.717, 1.165) is 54.9 Å². The number of thiophene rings is 1. The van der Waals surface area contributed by atoms with E-state index >= 15 is 0 Å². The summed E-state index contributed by atoms with van der Waals surface area (Å²) in [4.78, 5) is 16.5. The molecule has 0 spiro atoms. The van der Waals surface area contributed by atoms with Gasteiger partial charge in [0.15, 0.2) is 17.5 Å². The standard InChI is InChI=1S/C59H39N3S/c1-6-19-40(20-7-1)47-30-18-31-49(37-47)58-60-57(61-59(62-58)53-38-48-29-16-17-32-52(48)63-53)46-35-33-42(34-36-46)51-39-50(41-21-8-2-9-22-41)54(43-23-10-3-11-24-43)56(45-27-14-5-15-28-45)55(51)44-25-12-4-13-26-44/h1-39H. The molecule has 2 heterocycles. The molecule has 0 aliphatic rings. The van der Waals surface area contributed by atoms with E-state index in [1.807, 2.05) is 6.07 Å². The van der Waals surface area contributed by atoms with Crippen molar-refractivity contribution < 1.29 is 0 Å². The number of nitrogens with zero attached hydrogens (tertiary/aromatic N) is 3. The van der Waals surface area contributed by atoms with E-state index in [9.17, 15) is 0 Å². The summed E-state index contributed by atoms with van der Waals surface area (Å²) in [6, 6.07) is 83.9. The van der Waals surface area contributed by atoms with Crippen LogP contribution in [0.1, 0.15) is 0 Å². The molecule has 0 atom stereocenters. The third-order valence-corrected chi connectivity index (χ3v) is 12.7. The molecule has 0 amide bonds. The SMILES string of the molecule is c1ccc(-c2cccc(-c3nc(-c4ccc(-c5cc(-c6ccccc6)c(-c6ccccc6)c(-c6ccccc6)c5-c5ccccc5)cc4)nc(-c4cc5ccccc5s4)n3)c2)cc1. The van der Waals surface area contributed by atoms with E-state index < -0.39 is 0 Å². The summed E-state index contributed by atoms with van der Waals surface area (Å²) in [5.41, 5.74) is 15.7. The Labute approximate surface area is 371 Å².